The van der Waals surface area contributed by atoms with Crippen molar-refractivity contribution in [3.05, 3.63) is 59.8 Å². The second-order valence-corrected chi connectivity index (χ2v) is 9.75. The smallest absolute Gasteiger partial charge is 0.368 e. The van der Waals surface area contributed by atoms with Crippen molar-refractivity contribution in [2.24, 2.45) is 12.8 Å². The Kier molecular flexibility index (Phi) is 8.88. The van der Waals surface area contributed by atoms with Gasteiger partial charge in [-0.2, -0.15) is 18.3 Å². The Morgan fingerprint density at radius 1 is 1.10 bits per heavy atom. The van der Waals surface area contributed by atoms with Crippen LogP contribution in [0.3, 0.4) is 0 Å². The number of amides is 2. The number of fused-ring (bicyclic) bond motifs is 1. The normalized spacial score (nSPS) is 13.9. The molecule has 1 aliphatic rings. The number of halogens is 3. The fourth-order valence-corrected chi connectivity index (χ4v) is 4.63. The van der Waals surface area contributed by atoms with E-state index in [2.05, 4.69) is 25.7 Å². The number of nitrogens with two attached hydrogens (primary N) is 2. The first-order valence-electron chi connectivity index (χ1n) is 13.1. The third kappa shape index (κ3) is 7.26. The van der Waals surface area contributed by atoms with E-state index in [0.717, 1.165) is 46.3 Å². The van der Waals surface area contributed by atoms with E-state index in [1.54, 1.807) is 24.0 Å². The van der Waals surface area contributed by atoms with E-state index in [9.17, 15) is 18.0 Å². The number of alkyl halides is 3. The number of carbonyl (C=O) groups is 1. The lowest BCUT2D eigenvalue weighted by Crippen LogP contribution is -2.22. The number of nitrogens with one attached hydrogen (secondary N) is 2. The van der Waals surface area contributed by atoms with Crippen LogP contribution in [0.4, 0.5) is 35.4 Å². The number of benzene rings is 2. The molecule has 12 heteroatoms. The van der Waals surface area contributed by atoms with Crippen molar-refractivity contribution < 1.29 is 18.0 Å². The van der Waals surface area contributed by atoms with Gasteiger partial charge < -0.3 is 16.8 Å². The molecule has 0 bridgehead atoms. The van der Waals surface area contributed by atoms with E-state index in [-0.39, 0.29) is 17.5 Å². The van der Waals surface area contributed by atoms with Crippen LogP contribution in [0.2, 0.25) is 0 Å². The Hall–Kier alpha value is -4.19. The predicted molar refractivity (Wildman–Crippen MR) is 151 cm³/mol. The standard InChI is InChI=1S/C22H20F3N7O.C6H13N/c1-3-12-7-13(8-14-11-27-20(26)30-19(12)14)17-10-18(31-32(17)2)29-21(33)28-16-6-4-5-15(9-16)22(23,24)25;7-6-4-2-1-3-5-6/h4-11H,3H2,1-2H3,(H2,26,27,30)(H2,28,29,31,33);6H,1-5,7H2. The molecule has 2 amide bonds. The van der Waals surface area contributed by atoms with Crippen molar-refractivity contribution in [1.82, 2.24) is 19.7 Å². The van der Waals surface area contributed by atoms with E-state index in [4.69, 9.17) is 11.5 Å². The Bertz CT molecular complexity index is 1480. The molecule has 0 radical (unpaired) electrons. The van der Waals surface area contributed by atoms with Gasteiger partial charge in [0.2, 0.25) is 5.95 Å². The first-order valence-corrected chi connectivity index (χ1v) is 13.1. The maximum Gasteiger partial charge on any atom is 0.416 e. The summed E-state index contributed by atoms with van der Waals surface area (Å²) in [5, 5.41) is 10.0. The molecule has 1 aliphatic carbocycles. The molecule has 2 aromatic heterocycles. The Morgan fingerprint density at radius 2 is 1.85 bits per heavy atom. The molecule has 6 N–H and O–H groups in total. The molecular formula is C28H33F3N8O. The van der Waals surface area contributed by atoms with Crippen molar-refractivity contribution in [1.29, 1.82) is 0 Å². The number of urea groups is 1. The summed E-state index contributed by atoms with van der Waals surface area (Å²) in [6, 6.07) is 9.75. The van der Waals surface area contributed by atoms with E-state index < -0.39 is 17.8 Å². The van der Waals surface area contributed by atoms with Gasteiger partial charge in [0, 0.05) is 42.0 Å². The zero-order valence-corrected chi connectivity index (χ0v) is 22.4. The quantitative estimate of drug-likeness (QED) is 0.240. The highest BCUT2D eigenvalue weighted by Crippen LogP contribution is 2.31. The fourth-order valence-electron chi connectivity index (χ4n) is 4.63. The molecule has 1 saturated carbocycles. The minimum atomic E-state index is -4.50. The molecule has 0 unspecified atom stereocenters. The highest BCUT2D eigenvalue weighted by atomic mass is 19.4. The third-order valence-corrected chi connectivity index (χ3v) is 6.68. The van der Waals surface area contributed by atoms with Crippen LogP contribution in [-0.2, 0) is 19.6 Å². The SMILES string of the molecule is CCc1cc(-c2cc(NC(=O)Nc3cccc(C(F)(F)F)c3)nn2C)cc2cnc(N)nc12.NC1CCCCC1. The molecule has 4 aromatic rings. The largest absolute Gasteiger partial charge is 0.416 e. The molecule has 9 nitrogen and oxygen atoms in total. The van der Waals surface area contributed by atoms with E-state index in [0.29, 0.717) is 6.04 Å². The maximum atomic E-state index is 12.9. The number of hydrogen-bond donors (Lipinski definition) is 4. The summed E-state index contributed by atoms with van der Waals surface area (Å²) >= 11 is 0. The van der Waals surface area contributed by atoms with Gasteiger partial charge in [0.05, 0.1) is 16.8 Å². The molecule has 0 atom stereocenters. The third-order valence-electron chi connectivity index (χ3n) is 6.68. The average Bonchev–Trinajstić information content (AvgIpc) is 3.28. The molecule has 0 aliphatic heterocycles. The minimum absolute atomic E-state index is 0.0138. The lowest BCUT2D eigenvalue weighted by Gasteiger charge is -2.15. The summed E-state index contributed by atoms with van der Waals surface area (Å²) in [5.74, 6) is 0.437. The first-order chi connectivity index (χ1) is 19.0. The molecule has 2 aromatic carbocycles. The summed E-state index contributed by atoms with van der Waals surface area (Å²) in [6.07, 6.45) is 4.54. The summed E-state index contributed by atoms with van der Waals surface area (Å²) in [7, 11) is 1.72. The molecule has 1 fully saturated rings. The Balaban J connectivity index is 0.000000461. The molecule has 2 heterocycles. The van der Waals surface area contributed by atoms with Gasteiger partial charge in [-0.25, -0.2) is 14.8 Å². The van der Waals surface area contributed by atoms with Crippen molar-refractivity contribution in [2.75, 3.05) is 16.4 Å². The molecular weight excluding hydrogens is 521 g/mol. The van der Waals surface area contributed by atoms with Gasteiger partial charge in [-0.1, -0.05) is 32.3 Å². The number of rotatable bonds is 4. The van der Waals surface area contributed by atoms with Gasteiger partial charge >= 0.3 is 12.2 Å². The fraction of sp³-hybridized carbons (Fsp3) is 0.357. The number of nitrogens with zero attached hydrogens (tertiary/aromatic N) is 4. The van der Waals surface area contributed by atoms with Gasteiger partial charge in [-0.3, -0.25) is 10.00 Å². The average molecular weight is 555 g/mol. The number of nitrogen functional groups attached to an aromatic ring is 1. The van der Waals surface area contributed by atoms with Crippen LogP contribution < -0.4 is 22.1 Å². The topological polar surface area (TPSA) is 137 Å². The molecule has 40 heavy (non-hydrogen) atoms. The van der Waals surface area contributed by atoms with Gasteiger partial charge in [-0.05, 0) is 55.2 Å². The van der Waals surface area contributed by atoms with Crippen molar-refractivity contribution >= 4 is 34.4 Å². The van der Waals surface area contributed by atoms with Crippen LogP contribution in [0.5, 0.6) is 0 Å². The van der Waals surface area contributed by atoms with E-state index >= 15 is 0 Å². The number of carbonyl (C=O) groups excluding carboxylic acids is 1. The van der Waals surface area contributed by atoms with Crippen molar-refractivity contribution in [3.8, 4) is 11.3 Å². The van der Waals surface area contributed by atoms with Crippen LogP contribution in [-0.4, -0.2) is 31.8 Å². The Morgan fingerprint density at radius 3 is 2.50 bits per heavy atom. The first kappa shape index (κ1) is 28.8. The van der Waals surface area contributed by atoms with Gasteiger partial charge in [0.1, 0.15) is 0 Å². The Labute approximate surface area is 230 Å². The van der Waals surface area contributed by atoms with Gasteiger partial charge in [0.15, 0.2) is 5.82 Å². The molecule has 0 saturated heterocycles. The number of aromatic nitrogens is 4. The summed E-state index contributed by atoms with van der Waals surface area (Å²) in [4.78, 5) is 20.7. The lowest BCUT2D eigenvalue weighted by atomic mass is 9.97. The highest BCUT2D eigenvalue weighted by Gasteiger charge is 2.30. The van der Waals surface area contributed by atoms with Crippen LogP contribution in [0.1, 0.15) is 50.2 Å². The van der Waals surface area contributed by atoms with Gasteiger partial charge in [0.25, 0.3) is 0 Å². The summed E-state index contributed by atoms with van der Waals surface area (Å²) in [5.41, 5.74) is 13.8. The van der Waals surface area contributed by atoms with Crippen molar-refractivity contribution in [2.45, 2.75) is 57.7 Å². The van der Waals surface area contributed by atoms with Crippen LogP contribution in [0.15, 0.2) is 48.7 Å². The van der Waals surface area contributed by atoms with E-state index in [1.165, 1.54) is 44.2 Å². The van der Waals surface area contributed by atoms with Crippen molar-refractivity contribution in [3.63, 3.8) is 0 Å². The highest BCUT2D eigenvalue weighted by molar-refractivity contribution is 5.99. The zero-order valence-electron chi connectivity index (χ0n) is 22.4. The molecule has 5 rings (SSSR count). The second kappa shape index (κ2) is 12.3. The summed E-state index contributed by atoms with van der Waals surface area (Å²) in [6.45, 7) is 2.01. The zero-order chi connectivity index (χ0) is 28.9. The maximum absolute atomic E-state index is 12.9. The summed E-state index contributed by atoms with van der Waals surface area (Å²) < 4.78 is 40.2. The van der Waals surface area contributed by atoms with Gasteiger partial charge in [-0.15, -0.1) is 0 Å². The molecule has 212 valence electrons. The number of aryl methyl sites for hydroxylation is 2. The monoisotopic (exact) mass is 554 g/mol. The van der Waals surface area contributed by atoms with E-state index in [1.807, 2.05) is 19.1 Å². The van der Waals surface area contributed by atoms with Crippen LogP contribution in [0.25, 0.3) is 22.2 Å². The number of anilines is 3. The molecule has 0 spiro atoms. The predicted octanol–water partition coefficient (Wildman–Crippen LogP) is 6.12. The lowest BCUT2D eigenvalue weighted by molar-refractivity contribution is -0.137. The van der Waals surface area contributed by atoms with Crippen LogP contribution >= 0.6 is 0 Å². The van der Waals surface area contributed by atoms with Crippen LogP contribution in [0, 0.1) is 0 Å². The second-order valence-electron chi connectivity index (χ2n) is 9.75. The minimum Gasteiger partial charge on any atom is -0.368 e. The number of hydrogen-bond acceptors (Lipinski definition) is 6.